The maximum absolute atomic E-state index is 13.8. The van der Waals surface area contributed by atoms with Crippen LogP contribution in [-0.4, -0.2) is 26.8 Å². The number of nitrogens with zero attached hydrogens (tertiary/aromatic N) is 1. The molecule has 0 saturated carbocycles. The van der Waals surface area contributed by atoms with Gasteiger partial charge in [-0.1, -0.05) is 0 Å². The van der Waals surface area contributed by atoms with Gasteiger partial charge in [0.25, 0.3) is 0 Å². The molecule has 0 fully saturated rings. The molecule has 0 aliphatic rings. The Hall–Kier alpha value is -1.54. The number of hydrogen-bond donors (Lipinski definition) is 1. The number of fused-ring (bicyclic) bond motifs is 1. The van der Waals surface area contributed by atoms with Crippen molar-refractivity contribution in [2.24, 2.45) is 7.05 Å². The van der Waals surface area contributed by atoms with E-state index < -0.39 is 28.0 Å². The lowest BCUT2D eigenvalue weighted by molar-refractivity contribution is -0.152. The van der Waals surface area contributed by atoms with E-state index in [1.165, 1.54) is 7.11 Å². The van der Waals surface area contributed by atoms with Gasteiger partial charge in [-0.15, -0.1) is 0 Å². The molecule has 2 rings (SSSR count). The lowest BCUT2D eigenvalue weighted by Crippen LogP contribution is -2.41. The third kappa shape index (κ3) is 3.84. The van der Waals surface area contributed by atoms with E-state index >= 15 is 0 Å². The summed E-state index contributed by atoms with van der Waals surface area (Å²) in [6.45, 7) is 6.51. The molecule has 0 bridgehead atoms. The molecule has 4 nitrogen and oxygen atoms in total. The van der Waals surface area contributed by atoms with Crippen LogP contribution in [-0.2, 0) is 18.0 Å². The lowest BCUT2D eigenvalue weighted by atomic mass is 10.0. The molecule has 2 atom stereocenters. The van der Waals surface area contributed by atoms with Gasteiger partial charge < -0.3 is 9.30 Å². The highest BCUT2D eigenvalue weighted by atomic mass is 32.2. The Kier molecular flexibility index (Phi) is 5.26. The highest BCUT2D eigenvalue weighted by Gasteiger charge is 2.45. The number of nitrogens with one attached hydrogen (secondary N) is 1. The number of aromatic nitrogens is 1. The number of rotatable bonds is 4. The van der Waals surface area contributed by atoms with Gasteiger partial charge in [-0.25, -0.2) is 8.93 Å². The number of benzene rings is 1. The van der Waals surface area contributed by atoms with E-state index in [1.807, 2.05) is 0 Å². The van der Waals surface area contributed by atoms with Gasteiger partial charge in [-0.3, -0.25) is 0 Å². The molecule has 1 heterocycles. The summed E-state index contributed by atoms with van der Waals surface area (Å²) in [6, 6.07) is 2.97. The predicted molar refractivity (Wildman–Crippen MR) is 94.0 cm³/mol. The Morgan fingerprint density at radius 2 is 1.84 bits per heavy atom. The average molecular weight is 376 g/mol. The van der Waals surface area contributed by atoms with Crippen molar-refractivity contribution in [2.45, 2.75) is 44.7 Å². The predicted octanol–water partition coefficient (Wildman–Crippen LogP) is 4.15. The van der Waals surface area contributed by atoms with Crippen LogP contribution >= 0.6 is 0 Å². The van der Waals surface area contributed by atoms with E-state index in [-0.39, 0.29) is 5.56 Å². The maximum atomic E-state index is 13.8. The molecule has 8 heteroatoms. The summed E-state index contributed by atoms with van der Waals surface area (Å²) < 4.78 is 62.1. The van der Waals surface area contributed by atoms with Crippen LogP contribution in [0, 0.1) is 6.92 Å². The Labute approximate surface area is 147 Å². The zero-order valence-electron chi connectivity index (χ0n) is 15.1. The maximum Gasteiger partial charge on any atom is 0.408 e. The van der Waals surface area contributed by atoms with Gasteiger partial charge in [-0.2, -0.15) is 13.2 Å². The van der Waals surface area contributed by atoms with Gasteiger partial charge >= 0.3 is 6.18 Å². The highest BCUT2D eigenvalue weighted by Crippen LogP contribution is 2.41. The van der Waals surface area contributed by atoms with Crippen molar-refractivity contribution < 1.29 is 22.1 Å². The zero-order valence-corrected chi connectivity index (χ0v) is 15.9. The second-order valence-electron chi connectivity index (χ2n) is 6.91. The minimum absolute atomic E-state index is 0.0708. The van der Waals surface area contributed by atoms with Crippen LogP contribution in [0.3, 0.4) is 0 Å². The molecule has 0 radical (unpaired) electrons. The van der Waals surface area contributed by atoms with Crippen molar-refractivity contribution in [3.63, 3.8) is 0 Å². The van der Waals surface area contributed by atoms with Crippen molar-refractivity contribution >= 4 is 21.9 Å². The summed E-state index contributed by atoms with van der Waals surface area (Å²) >= 11 is 0. The van der Waals surface area contributed by atoms with Crippen molar-refractivity contribution in [2.75, 3.05) is 7.11 Å². The molecule has 1 N–H and O–H groups in total. The molecule has 0 spiro atoms. The molecule has 1 aromatic carbocycles. The van der Waals surface area contributed by atoms with Crippen molar-refractivity contribution in [3.8, 4) is 5.75 Å². The van der Waals surface area contributed by atoms with Gasteiger partial charge in [0, 0.05) is 29.2 Å². The summed E-state index contributed by atoms with van der Waals surface area (Å²) in [5.74, 6) is 0.470. The molecule has 0 aliphatic heterocycles. The number of halogens is 3. The second kappa shape index (κ2) is 6.64. The second-order valence-corrected chi connectivity index (χ2v) is 8.91. The van der Waals surface area contributed by atoms with Crippen LogP contribution in [0.25, 0.3) is 10.9 Å². The number of hydrogen-bond acceptors (Lipinski definition) is 2. The van der Waals surface area contributed by atoms with Crippen LogP contribution in [0.15, 0.2) is 18.2 Å². The molecule has 0 amide bonds. The first-order valence-corrected chi connectivity index (χ1v) is 8.90. The van der Waals surface area contributed by atoms with Crippen LogP contribution in [0.2, 0.25) is 0 Å². The Balaban J connectivity index is 2.69. The van der Waals surface area contributed by atoms with Gasteiger partial charge in [0.1, 0.15) is 11.8 Å². The fraction of sp³-hybridized carbons (Fsp3) is 0.529. The third-order valence-corrected chi connectivity index (χ3v) is 5.71. The van der Waals surface area contributed by atoms with E-state index in [4.69, 9.17) is 4.74 Å². The van der Waals surface area contributed by atoms with E-state index in [9.17, 15) is 17.4 Å². The normalized spacial score (nSPS) is 15.4. The number of aryl methyl sites for hydroxylation is 1. The standard InChI is InChI=1S/C17H23F3N2O2S/c1-10-14(12-9-11(24-6)7-8-13(12)22(10)5)15(17(18,19)20)21-25(23)16(2,3)4/h7-9,15,21H,1-6H3. The highest BCUT2D eigenvalue weighted by molar-refractivity contribution is 7.84. The zero-order chi connectivity index (χ0) is 19.2. The van der Waals surface area contributed by atoms with Gasteiger partial charge in [0.15, 0.2) is 0 Å². The fourth-order valence-electron chi connectivity index (χ4n) is 2.64. The summed E-state index contributed by atoms with van der Waals surface area (Å²) in [5, 5.41) is 0.431. The SMILES string of the molecule is COc1ccc2c(c1)c(C(NS(=O)C(C)(C)C)C(F)(F)F)c(C)n2C. The number of ether oxygens (including phenoxy) is 1. The summed E-state index contributed by atoms with van der Waals surface area (Å²) in [6.07, 6.45) is -4.59. The van der Waals surface area contributed by atoms with E-state index in [2.05, 4.69) is 4.72 Å². The van der Waals surface area contributed by atoms with Crippen molar-refractivity contribution in [1.29, 1.82) is 0 Å². The van der Waals surface area contributed by atoms with Crippen molar-refractivity contribution in [1.82, 2.24) is 9.29 Å². The Morgan fingerprint density at radius 1 is 1.24 bits per heavy atom. The first kappa shape index (κ1) is 19.8. The van der Waals surface area contributed by atoms with Gasteiger partial charge in [-0.05, 0) is 45.9 Å². The first-order chi connectivity index (χ1) is 11.4. The van der Waals surface area contributed by atoms with Gasteiger partial charge in [0.05, 0.1) is 22.8 Å². The average Bonchev–Trinajstić information content (AvgIpc) is 2.74. The van der Waals surface area contributed by atoms with Crippen LogP contribution < -0.4 is 9.46 Å². The van der Waals surface area contributed by atoms with Crippen LogP contribution in [0.5, 0.6) is 5.75 Å². The van der Waals surface area contributed by atoms with Crippen molar-refractivity contribution in [3.05, 3.63) is 29.5 Å². The molecule has 0 aliphatic carbocycles. The van der Waals surface area contributed by atoms with Crippen LogP contribution in [0.1, 0.15) is 38.1 Å². The Morgan fingerprint density at radius 3 is 2.32 bits per heavy atom. The first-order valence-electron chi connectivity index (χ1n) is 7.75. The molecule has 2 unspecified atom stereocenters. The van der Waals surface area contributed by atoms with Crippen LogP contribution in [0.4, 0.5) is 13.2 Å². The van der Waals surface area contributed by atoms with E-state index in [1.54, 1.807) is 57.5 Å². The number of alkyl halides is 3. The monoisotopic (exact) mass is 376 g/mol. The summed E-state index contributed by atoms with van der Waals surface area (Å²) in [4.78, 5) is 0. The minimum Gasteiger partial charge on any atom is -0.497 e. The smallest absolute Gasteiger partial charge is 0.408 e. The minimum atomic E-state index is -4.59. The topological polar surface area (TPSA) is 43.3 Å². The molecule has 1 aromatic heterocycles. The molecular weight excluding hydrogens is 353 g/mol. The molecule has 140 valence electrons. The largest absolute Gasteiger partial charge is 0.497 e. The molecule has 2 aromatic rings. The lowest BCUT2D eigenvalue weighted by Gasteiger charge is -2.26. The van der Waals surface area contributed by atoms with Gasteiger partial charge in [0.2, 0.25) is 0 Å². The molecular formula is C17H23F3N2O2S. The third-order valence-electron chi connectivity index (χ3n) is 4.15. The number of methoxy groups -OCH3 is 1. The van der Waals surface area contributed by atoms with E-state index in [0.717, 1.165) is 0 Å². The van der Waals surface area contributed by atoms with E-state index in [0.29, 0.717) is 22.3 Å². The molecule has 0 saturated heterocycles. The fourth-order valence-corrected chi connectivity index (χ4v) is 3.46. The quantitative estimate of drug-likeness (QED) is 0.871. The summed E-state index contributed by atoms with van der Waals surface area (Å²) in [7, 11) is 1.30. The molecule has 25 heavy (non-hydrogen) atoms. The Bertz CT molecular complexity index is 807. The summed E-state index contributed by atoms with van der Waals surface area (Å²) in [5.41, 5.74) is 1.19.